The molecule has 0 atom stereocenters. The lowest BCUT2D eigenvalue weighted by Gasteiger charge is -2.09. The van der Waals surface area contributed by atoms with E-state index in [0.29, 0.717) is 24.0 Å². The maximum atomic E-state index is 6.11. The summed E-state index contributed by atoms with van der Waals surface area (Å²) in [5.41, 5.74) is 2.44. The normalized spacial score (nSPS) is 10.9. The van der Waals surface area contributed by atoms with Gasteiger partial charge in [0.15, 0.2) is 11.0 Å². The molecule has 0 amide bonds. The first-order valence-electron chi connectivity index (χ1n) is 9.12. The van der Waals surface area contributed by atoms with Crippen molar-refractivity contribution in [1.82, 2.24) is 14.8 Å². The van der Waals surface area contributed by atoms with Crippen molar-refractivity contribution in [2.24, 2.45) is 7.05 Å². The molecule has 1 aromatic heterocycles. The zero-order valence-corrected chi connectivity index (χ0v) is 17.9. The molecule has 28 heavy (non-hydrogen) atoms. The highest BCUT2D eigenvalue weighted by Crippen LogP contribution is 2.24. The standard InChI is InChI=1S/C21H24ClN3O2S/c1-15-11-16(2)13-17(12-15)26-9-6-10-28-21-24-23-20(25(21)3)14-27-19-8-5-4-7-18(19)22/h4-5,7-8,11-13H,6,9-10,14H2,1-3H3. The van der Waals surface area contributed by atoms with Crippen molar-refractivity contribution in [3.63, 3.8) is 0 Å². The molecule has 7 heteroatoms. The molecule has 3 rings (SSSR count). The summed E-state index contributed by atoms with van der Waals surface area (Å²) >= 11 is 7.77. The molecule has 148 valence electrons. The van der Waals surface area contributed by atoms with Crippen molar-refractivity contribution >= 4 is 23.4 Å². The topological polar surface area (TPSA) is 49.2 Å². The summed E-state index contributed by atoms with van der Waals surface area (Å²) in [6, 6.07) is 13.7. The first-order chi connectivity index (χ1) is 13.5. The van der Waals surface area contributed by atoms with Crippen molar-refractivity contribution in [1.29, 1.82) is 0 Å². The van der Waals surface area contributed by atoms with Crippen LogP contribution in [0.25, 0.3) is 0 Å². The fraction of sp³-hybridized carbons (Fsp3) is 0.333. The zero-order valence-electron chi connectivity index (χ0n) is 16.3. The molecule has 0 aliphatic heterocycles. The lowest BCUT2D eigenvalue weighted by molar-refractivity contribution is 0.290. The van der Waals surface area contributed by atoms with Gasteiger partial charge >= 0.3 is 0 Å². The Kier molecular flexibility index (Phi) is 7.23. The van der Waals surface area contributed by atoms with Crippen LogP contribution in [0.15, 0.2) is 47.6 Å². The number of aryl methyl sites for hydroxylation is 2. The van der Waals surface area contributed by atoms with Gasteiger partial charge in [-0.05, 0) is 55.7 Å². The van der Waals surface area contributed by atoms with E-state index in [2.05, 4.69) is 42.2 Å². The lowest BCUT2D eigenvalue weighted by atomic mass is 10.1. The third-order valence-corrected chi connectivity index (χ3v) is 5.52. The SMILES string of the molecule is Cc1cc(C)cc(OCCCSc2nnc(COc3ccccc3Cl)n2C)c1. The minimum atomic E-state index is 0.323. The van der Waals surface area contributed by atoms with Gasteiger partial charge in [0.2, 0.25) is 0 Å². The molecule has 5 nitrogen and oxygen atoms in total. The highest BCUT2D eigenvalue weighted by molar-refractivity contribution is 7.99. The number of hydrogen-bond donors (Lipinski definition) is 0. The second-order valence-electron chi connectivity index (χ2n) is 6.55. The molecule has 0 radical (unpaired) electrons. The summed E-state index contributed by atoms with van der Waals surface area (Å²) in [6.07, 6.45) is 0.927. The quantitative estimate of drug-likeness (QED) is 0.352. The Hall–Kier alpha value is -2.18. The van der Waals surface area contributed by atoms with Gasteiger partial charge in [0.25, 0.3) is 0 Å². The van der Waals surface area contributed by atoms with Gasteiger partial charge in [0.05, 0.1) is 11.6 Å². The summed E-state index contributed by atoms with van der Waals surface area (Å²) in [5.74, 6) is 3.24. The van der Waals surface area contributed by atoms with Crippen molar-refractivity contribution < 1.29 is 9.47 Å². The first-order valence-corrected chi connectivity index (χ1v) is 10.5. The van der Waals surface area contributed by atoms with Crippen molar-refractivity contribution in [2.45, 2.75) is 32.0 Å². The van der Waals surface area contributed by atoms with Crippen LogP contribution in [0.3, 0.4) is 0 Å². The van der Waals surface area contributed by atoms with Crippen LogP contribution in [0.4, 0.5) is 0 Å². The number of para-hydroxylation sites is 1. The van der Waals surface area contributed by atoms with Gasteiger partial charge in [0, 0.05) is 12.8 Å². The first kappa shape index (κ1) is 20.6. The van der Waals surface area contributed by atoms with Gasteiger partial charge in [-0.1, -0.05) is 41.6 Å². The number of rotatable bonds is 9. The number of ether oxygens (including phenoxy) is 2. The molecule has 2 aromatic carbocycles. The Labute approximate surface area is 175 Å². The lowest BCUT2D eigenvalue weighted by Crippen LogP contribution is -2.05. The number of aromatic nitrogens is 3. The van der Waals surface area contributed by atoms with Crippen LogP contribution < -0.4 is 9.47 Å². The zero-order chi connectivity index (χ0) is 19.9. The Morgan fingerprint density at radius 1 is 1.04 bits per heavy atom. The molecule has 0 saturated heterocycles. The van der Waals surface area contributed by atoms with E-state index in [1.807, 2.05) is 29.8 Å². The molecule has 3 aromatic rings. The van der Waals surface area contributed by atoms with Gasteiger partial charge in [-0.25, -0.2) is 0 Å². The average Bonchev–Trinajstić information content (AvgIpc) is 3.00. The molecule has 0 fully saturated rings. The summed E-state index contributed by atoms with van der Waals surface area (Å²) in [6.45, 7) is 5.16. The van der Waals surface area contributed by atoms with Crippen LogP contribution in [0, 0.1) is 13.8 Å². The minimum absolute atomic E-state index is 0.323. The van der Waals surface area contributed by atoms with Crippen molar-refractivity contribution in [3.8, 4) is 11.5 Å². The van der Waals surface area contributed by atoms with Crippen LogP contribution in [0.2, 0.25) is 5.02 Å². The molecule has 0 aliphatic carbocycles. The predicted octanol–water partition coefficient (Wildman–Crippen LogP) is 5.23. The van der Waals surface area contributed by atoms with E-state index >= 15 is 0 Å². The van der Waals surface area contributed by atoms with Crippen LogP contribution in [-0.2, 0) is 13.7 Å². The molecule has 0 N–H and O–H groups in total. The van der Waals surface area contributed by atoms with E-state index < -0.39 is 0 Å². The highest BCUT2D eigenvalue weighted by atomic mass is 35.5. The average molecular weight is 418 g/mol. The Bertz CT molecular complexity index is 910. The second-order valence-corrected chi connectivity index (χ2v) is 8.02. The number of halogens is 1. The van der Waals surface area contributed by atoms with Gasteiger partial charge in [-0.15, -0.1) is 10.2 Å². The monoisotopic (exact) mass is 417 g/mol. The number of thioether (sulfide) groups is 1. The van der Waals surface area contributed by atoms with E-state index in [1.54, 1.807) is 17.8 Å². The van der Waals surface area contributed by atoms with E-state index in [1.165, 1.54) is 11.1 Å². The van der Waals surface area contributed by atoms with Gasteiger partial charge in [0.1, 0.15) is 18.1 Å². The molecule has 0 spiro atoms. The Morgan fingerprint density at radius 2 is 1.79 bits per heavy atom. The van der Waals surface area contributed by atoms with Crippen molar-refractivity contribution in [3.05, 3.63) is 64.4 Å². The molecule has 1 heterocycles. The Balaban J connectivity index is 1.43. The molecular formula is C21H24ClN3O2S. The number of hydrogen-bond acceptors (Lipinski definition) is 5. The van der Waals surface area contributed by atoms with E-state index in [0.717, 1.165) is 28.9 Å². The van der Waals surface area contributed by atoms with Crippen LogP contribution in [0.1, 0.15) is 23.4 Å². The smallest absolute Gasteiger partial charge is 0.191 e. The van der Waals surface area contributed by atoms with E-state index in [-0.39, 0.29) is 0 Å². The molecule has 0 unspecified atom stereocenters. The number of benzene rings is 2. The van der Waals surface area contributed by atoms with E-state index in [4.69, 9.17) is 21.1 Å². The molecular weight excluding hydrogens is 394 g/mol. The number of nitrogens with zero attached hydrogens (tertiary/aromatic N) is 3. The predicted molar refractivity (Wildman–Crippen MR) is 114 cm³/mol. The van der Waals surface area contributed by atoms with E-state index in [9.17, 15) is 0 Å². The summed E-state index contributed by atoms with van der Waals surface area (Å²) < 4.78 is 13.5. The third-order valence-electron chi connectivity index (χ3n) is 4.10. The molecule has 0 bridgehead atoms. The maximum absolute atomic E-state index is 6.11. The summed E-state index contributed by atoms with van der Waals surface area (Å²) in [4.78, 5) is 0. The van der Waals surface area contributed by atoms with Crippen LogP contribution in [0.5, 0.6) is 11.5 Å². The Morgan fingerprint density at radius 3 is 2.54 bits per heavy atom. The second kappa shape index (κ2) is 9.85. The largest absolute Gasteiger partial charge is 0.494 e. The fourth-order valence-electron chi connectivity index (χ4n) is 2.73. The fourth-order valence-corrected chi connectivity index (χ4v) is 3.76. The maximum Gasteiger partial charge on any atom is 0.191 e. The van der Waals surface area contributed by atoms with Gasteiger partial charge in [-0.3, -0.25) is 0 Å². The molecule has 0 saturated carbocycles. The summed E-state index contributed by atoms with van der Waals surface area (Å²) in [5, 5.41) is 9.92. The van der Waals surface area contributed by atoms with Crippen LogP contribution >= 0.6 is 23.4 Å². The van der Waals surface area contributed by atoms with Crippen LogP contribution in [-0.4, -0.2) is 27.1 Å². The highest BCUT2D eigenvalue weighted by Gasteiger charge is 2.10. The van der Waals surface area contributed by atoms with Gasteiger partial charge < -0.3 is 14.0 Å². The van der Waals surface area contributed by atoms with Crippen molar-refractivity contribution in [2.75, 3.05) is 12.4 Å². The molecule has 0 aliphatic rings. The minimum Gasteiger partial charge on any atom is -0.494 e. The van der Waals surface area contributed by atoms with Gasteiger partial charge in [-0.2, -0.15) is 0 Å². The summed E-state index contributed by atoms with van der Waals surface area (Å²) in [7, 11) is 1.94. The third kappa shape index (κ3) is 5.66.